The number of carbonyl (C=O) groups is 1. The third-order valence-electron chi connectivity index (χ3n) is 2.80. The van der Waals surface area contributed by atoms with Crippen molar-refractivity contribution in [2.45, 2.75) is 32.7 Å². The molecule has 0 saturated carbocycles. The summed E-state index contributed by atoms with van der Waals surface area (Å²) in [4.78, 5) is 11.0. The minimum atomic E-state index is -0.963. The highest BCUT2D eigenvalue weighted by atomic mass is 16.7. The molecule has 0 spiro atoms. The van der Waals surface area contributed by atoms with Crippen LogP contribution in [-0.4, -0.2) is 36.2 Å². The minimum absolute atomic E-state index is 0.135. The van der Waals surface area contributed by atoms with Gasteiger partial charge in [0.25, 0.3) is 0 Å². The number of carboxylic acids is 1. The lowest BCUT2D eigenvalue weighted by Crippen LogP contribution is -2.25. The van der Waals surface area contributed by atoms with Gasteiger partial charge >= 0.3 is 5.97 Å². The van der Waals surface area contributed by atoms with Crippen molar-refractivity contribution in [2.75, 3.05) is 13.2 Å². The van der Waals surface area contributed by atoms with E-state index >= 15 is 0 Å². The van der Waals surface area contributed by atoms with Crippen LogP contribution in [0.3, 0.4) is 0 Å². The van der Waals surface area contributed by atoms with E-state index in [1.165, 1.54) is 6.07 Å². The third-order valence-corrected chi connectivity index (χ3v) is 2.80. The second-order valence-electron chi connectivity index (χ2n) is 5.10. The molecule has 0 bridgehead atoms. The Kier molecular flexibility index (Phi) is 3.78. The quantitative estimate of drug-likeness (QED) is 0.905. The lowest BCUT2D eigenvalue weighted by Gasteiger charge is -2.17. The molecule has 1 atom stereocenters. The first-order valence-electron chi connectivity index (χ1n) is 6.15. The molecule has 104 valence electrons. The Hall–Kier alpha value is -1.59. The highest BCUT2D eigenvalue weighted by Crippen LogP contribution is 2.23. The molecule has 1 aromatic rings. The van der Waals surface area contributed by atoms with Crippen molar-refractivity contribution < 1.29 is 24.1 Å². The van der Waals surface area contributed by atoms with Gasteiger partial charge in [-0.3, -0.25) is 0 Å². The van der Waals surface area contributed by atoms with Crippen molar-refractivity contribution in [3.8, 4) is 5.75 Å². The summed E-state index contributed by atoms with van der Waals surface area (Å²) in [6.45, 7) is 6.35. The number of hydrogen-bond acceptors (Lipinski definition) is 4. The molecule has 0 aromatic heterocycles. The van der Waals surface area contributed by atoms with E-state index < -0.39 is 11.8 Å². The van der Waals surface area contributed by atoms with Gasteiger partial charge < -0.3 is 19.3 Å². The van der Waals surface area contributed by atoms with Crippen molar-refractivity contribution >= 4 is 5.97 Å². The van der Waals surface area contributed by atoms with Gasteiger partial charge in [-0.25, -0.2) is 4.79 Å². The van der Waals surface area contributed by atoms with E-state index in [1.54, 1.807) is 12.1 Å². The predicted octanol–water partition coefficient (Wildman–Crippen LogP) is 2.22. The van der Waals surface area contributed by atoms with Crippen LogP contribution in [-0.2, 0) is 9.47 Å². The Morgan fingerprint density at radius 3 is 2.79 bits per heavy atom. The normalized spacial score (nSPS) is 21.3. The molecule has 2 rings (SSSR count). The summed E-state index contributed by atoms with van der Waals surface area (Å²) >= 11 is 0. The fraction of sp³-hybridized carbons (Fsp3) is 0.500. The Morgan fingerprint density at radius 2 is 2.21 bits per heavy atom. The molecule has 5 heteroatoms. The summed E-state index contributed by atoms with van der Waals surface area (Å²) in [5, 5.41) is 8.98. The molecular weight excluding hydrogens is 248 g/mol. The highest BCUT2D eigenvalue weighted by Gasteiger charge is 2.32. The summed E-state index contributed by atoms with van der Waals surface area (Å²) < 4.78 is 16.6. The van der Waals surface area contributed by atoms with Crippen LogP contribution in [0.25, 0.3) is 0 Å². The smallest absolute Gasteiger partial charge is 0.335 e. The number of aromatic carboxylic acids is 1. The Bertz CT molecular complexity index is 481. The summed E-state index contributed by atoms with van der Waals surface area (Å²) in [6, 6.07) is 4.91. The minimum Gasteiger partial charge on any atom is -0.491 e. The van der Waals surface area contributed by atoms with Gasteiger partial charge in [-0.15, -0.1) is 0 Å². The number of benzene rings is 1. The zero-order valence-corrected chi connectivity index (χ0v) is 11.3. The predicted molar refractivity (Wildman–Crippen MR) is 68.5 cm³/mol. The second kappa shape index (κ2) is 5.19. The molecule has 1 aromatic carbocycles. The number of ether oxygens (including phenoxy) is 3. The molecule has 1 saturated heterocycles. The van der Waals surface area contributed by atoms with Crippen LogP contribution >= 0.6 is 0 Å². The first-order chi connectivity index (χ1) is 8.85. The molecule has 0 amide bonds. The molecular formula is C14H18O5. The monoisotopic (exact) mass is 266 g/mol. The number of aryl methyl sites for hydroxylation is 1. The maximum atomic E-state index is 11.0. The highest BCUT2D eigenvalue weighted by molar-refractivity contribution is 5.88. The van der Waals surface area contributed by atoms with Crippen molar-refractivity contribution in [1.82, 2.24) is 0 Å². The largest absolute Gasteiger partial charge is 0.491 e. The molecule has 1 N–H and O–H groups in total. The number of rotatable bonds is 4. The zero-order valence-electron chi connectivity index (χ0n) is 11.3. The van der Waals surface area contributed by atoms with Crippen molar-refractivity contribution in [3.63, 3.8) is 0 Å². The van der Waals surface area contributed by atoms with Gasteiger partial charge in [-0.1, -0.05) is 0 Å². The molecule has 1 fully saturated rings. The van der Waals surface area contributed by atoms with Crippen LogP contribution < -0.4 is 4.74 Å². The Balaban J connectivity index is 1.98. The van der Waals surface area contributed by atoms with E-state index in [-0.39, 0.29) is 11.7 Å². The van der Waals surface area contributed by atoms with Gasteiger partial charge in [-0.2, -0.15) is 0 Å². The van der Waals surface area contributed by atoms with E-state index in [0.29, 0.717) is 19.0 Å². The average Bonchev–Trinajstić information content (AvgIpc) is 2.65. The second-order valence-corrected chi connectivity index (χ2v) is 5.10. The Morgan fingerprint density at radius 1 is 1.47 bits per heavy atom. The van der Waals surface area contributed by atoms with Crippen molar-refractivity contribution in [1.29, 1.82) is 0 Å². The fourth-order valence-electron chi connectivity index (χ4n) is 1.99. The summed E-state index contributed by atoms with van der Waals surface area (Å²) in [7, 11) is 0. The SMILES string of the molecule is Cc1cc(OCC2COC(C)(C)O2)cc(C(=O)O)c1. The molecule has 19 heavy (non-hydrogen) atoms. The van der Waals surface area contributed by atoms with E-state index in [1.807, 2.05) is 20.8 Å². The van der Waals surface area contributed by atoms with E-state index in [4.69, 9.17) is 19.3 Å². The lowest BCUT2D eigenvalue weighted by molar-refractivity contribution is -0.141. The van der Waals surface area contributed by atoms with Crippen LogP contribution in [0, 0.1) is 6.92 Å². The molecule has 0 radical (unpaired) electrons. The number of carboxylic acid groups (broad SMARTS) is 1. The first-order valence-corrected chi connectivity index (χ1v) is 6.15. The standard InChI is InChI=1S/C14H18O5/c1-9-4-10(13(15)16)6-11(5-9)17-7-12-8-18-14(2,3)19-12/h4-6,12H,7-8H2,1-3H3,(H,15,16). The summed E-state index contributed by atoms with van der Waals surface area (Å²) in [5.74, 6) is -1.01. The van der Waals surface area contributed by atoms with Gasteiger partial charge in [0.15, 0.2) is 5.79 Å². The van der Waals surface area contributed by atoms with Gasteiger partial charge in [0.2, 0.25) is 0 Å². The third kappa shape index (κ3) is 3.68. The van der Waals surface area contributed by atoms with Crippen LogP contribution in [0.4, 0.5) is 0 Å². The van der Waals surface area contributed by atoms with Crippen LogP contribution in [0.2, 0.25) is 0 Å². The molecule has 1 aliphatic rings. The lowest BCUT2D eigenvalue weighted by atomic mass is 10.1. The van der Waals surface area contributed by atoms with Crippen LogP contribution in [0.15, 0.2) is 18.2 Å². The summed E-state index contributed by atoms with van der Waals surface area (Å²) in [5.41, 5.74) is 1.07. The molecule has 1 heterocycles. The summed E-state index contributed by atoms with van der Waals surface area (Å²) in [6.07, 6.45) is -0.135. The molecule has 1 aliphatic heterocycles. The zero-order chi connectivity index (χ0) is 14.0. The van der Waals surface area contributed by atoms with Gasteiger partial charge in [0.05, 0.1) is 12.2 Å². The van der Waals surface area contributed by atoms with Crippen molar-refractivity contribution in [3.05, 3.63) is 29.3 Å². The fourth-order valence-corrected chi connectivity index (χ4v) is 1.99. The molecule has 1 unspecified atom stereocenters. The molecule has 5 nitrogen and oxygen atoms in total. The Labute approximate surface area is 112 Å². The average molecular weight is 266 g/mol. The molecule has 0 aliphatic carbocycles. The van der Waals surface area contributed by atoms with Gasteiger partial charge in [-0.05, 0) is 44.5 Å². The van der Waals surface area contributed by atoms with E-state index in [2.05, 4.69) is 0 Å². The van der Waals surface area contributed by atoms with Crippen LogP contribution in [0.1, 0.15) is 29.8 Å². The van der Waals surface area contributed by atoms with E-state index in [0.717, 1.165) is 5.56 Å². The van der Waals surface area contributed by atoms with Gasteiger partial charge in [0.1, 0.15) is 18.5 Å². The van der Waals surface area contributed by atoms with E-state index in [9.17, 15) is 4.79 Å². The van der Waals surface area contributed by atoms with Gasteiger partial charge in [0, 0.05) is 0 Å². The number of hydrogen-bond donors (Lipinski definition) is 1. The maximum absolute atomic E-state index is 11.0. The van der Waals surface area contributed by atoms with Crippen molar-refractivity contribution in [2.24, 2.45) is 0 Å². The maximum Gasteiger partial charge on any atom is 0.335 e. The van der Waals surface area contributed by atoms with Crippen LogP contribution in [0.5, 0.6) is 5.75 Å². The first kappa shape index (κ1) is 13.8. The topological polar surface area (TPSA) is 65.0 Å².